The molecule has 1 unspecified atom stereocenters. The lowest BCUT2D eigenvalue weighted by atomic mass is 9.95. The highest BCUT2D eigenvalue weighted by molar-refractivity contribution is 7.80. The van der Waals surface area contributed by atoms with Gasteiger partial charge in [0, 0.05) is 24.3 Å². The molecule has 1 aliphatic rings. The van der Waals surface area contributed by atoms with Gasteiger partial charge in [-0.1, -0.05) is 37.2 Å². The Kier molecular flexibility index (Phi) is 4.46. The first-order valence-corrected chi connectivity index (χ1v) is 7.24. The Bertz CT molecular complexity index is 447. The fourth-order valence-electron chi connectivity index (χ4n) is 2.53. The number of hydrogen-bond donors (Lipinski definition) is 1. The van der Waals surface area contributed by atoms with Crippen molar-refractivity contribution in [3.05, 3.63) is 28.8 Å². The van der Waals surface area contributed by atoms with Crippen molar-refractivity contribution in [2.24, 2.45) is 11.7 Å². The molecule has 1 atom stereocenters. The van der Waals surface area contributed by atoms with E-state index in [4.69, 9.17) is 29.6 Å². The number of hydrogen-bond acceptors (Lipinski definition) is 2. The molecule has 1 heterocycles. The molecule has 1 saturated heterocycles. The lowest BCUT2D eigenvalue weighted by Crippen LogP contribution is -2.35. The van der Waals surface area contributed by atoms with E-state index in [1.54, 1.807) is 0 Å². The zero-order valence-corrected chi connectivity index (χ0v) is 12.2. The zero-order chi connectivity index (χ0) is 13.1. The average Bonchev–Trinajstić information content (AvgIpc) is 2.38. The van der Waals surface area contributed by atoms with E-state index in [0.717, 1.165) is 24.6 Å². The first-order valence-electron chi connectivity index (χ1n) is 6.46. The second kappa shape index (κ2) is 5.89. The summed E-state index contributed by atoms with van der Waals surface area (Å²) in [6.07, 6.45) is 3.84. The Morgan fingerprint density at radius 3 is 2.94 bits per heavy atom. The van der Waals surface area contributed by atoms with Crippen LogP contribution in [0.2, 0.25) is 5.02 Å². The molecule has 0 aliphatic carbocycles. The molecular formula is C14H19ClN2S. The molecule has 1 aromatic rings. The van der Waals surface area contributed by atoms with E-state index in [1.165, 1.54) is 24.9 Å². The van der Waals surface area contributed by atoms with Crippen LogP contribution in [0.15, 0.2) is 18.2 Å². The van der Waals surface area contributed by atoms with Crippen LogP contribution in [-0.4, -0.2) is 18.1 Å². The van der Waals surface area contributed by atoms with Crippen LogP contribution in [-0.2, 0) is 0 Å². The standard InChI is InChI=1S/C14H19ClN2S/c1-2-10-4-3-7-17(9-10)11-5-6-12(14(16)18)13(15)8-11/h5-6,8,10H,2-4,7,9H2,1H3,(H2,16,18). The molecule has 2 nitrogen and oxygen atoms in total. The molecule has 18 heavy (non-hydrogen) atoms. The molecule has 0 aromatic heterocycles. The largest absolute Gasteiger partial charge is 0.389 e. The number of anilines is 1. The predicted octanol–water partition coefficient (Wildman–Crippen LogP) is 3.60. The lowest BCUT2D eigenvalue weighted by molar-refractivity contribution is 0.405. The Labute approximate surface area is 119 Å². The molecule has 4 heteroatoms. The van der Waals surface area contributed by atoms with Crippen molar-refractivity contribution in [3.63, 3.8) is 0 Å². The van der Waals surface area contributed by atoms with Gasteiger partial charge in [0.1, 0.15) is 4.99 Å². The average molecular weight is 283 g/mol. The third kappa shape index (κ3) is 2.96. The molecule has 1 fully saturated rings. The lowest BCUT2D eigenvalue weighted by Gasteiger charge is -2.34. The van der Waals surface area contributed by atoms with Crippen LogP contribution in [0.3, 0.4) is 0 Å². The van der Waals surface area contributed by atoms with E-state index in [1.807, 2.05) is 12.1 Å². The summed E-state index contributed by atoms with van der Waals surface area (Å²) in [7, 11) is 0. The van der Waals surface area contributed by atoms with Crippen molar-refractivity contribution in [2.75, 3.05) is 18.0 Å². The third-order valence-corrected chi connectivity index (χ3v) is 4.21. The second-order valence-electron chi connectivity index (χ2n) is 4.89. The highest BCUT2D eigenvalue weighted by Crippen LogP contribution is 2.28. The van der Waals surface area contributed by atoms with Crippen LogP contribution in [0.25, 0.3) is 0 Å². The number of nitrogens with two attached hydrogens (primary N) is 1. The van der Waals surface area contributed by atoms with Crippen LogP contribution in [0.1, 0.15) is 31.7 Å². The maximum Gasteiger partial charge on any atom is 0.105 e. The number of benzene rings is 1. The normalized spacial score (nSPS) is 19.9. The van der Waals surface area contributed by atoms with E-state index in [0.29, 0.717) is 10.0 Å². The van der Waals surface area contributed by atoms with E-state index < -0.39 is 0 Å². The van der Waals surface area contributed by atoms with Gasteiger partial charge in [-0.25, -0.2) is 0 Å². The van der Waals surface area contributed by atoms with Gasteiger partial charge >= 0.3 is 0 Å². The van der Waals surface area contributed by atoms with Gasteiger partial charge in [0.05, 0.1) is 5.02 Å². The Hall–Kier alpha value is -0.800. The molecule has 0 bridgehead atoms. The number of piperidine rings is 1. The molecule has 2 rings (SSSR count). The summed E-state index contributed by atoms with van der Waals surface area (Å²) in [5.41, 5.74) is 7.56. The van der Waals surface area contributed by atoms with E-state index in [9.17, 15) is 0 Å². The van der Waals surface area contributed by atoms with Crippen molar-refractivity contribution in [2.45, 2.75) is 26.2 Å². The van der Waals surface area contributed by atoms with Crippen molar-refractivity contribution in [3.8, 4) is 0 Å². The van der Waals surface area contributed by atoms with Gasteiger partial charge in [0.2, 0.25) is 0 Å². The van der Waals surface area contributed by atoms with Gasteiger partial charge in [0.25, 0.3) is 0 Å². The summed E-state index contributed by atoms with van der Waals surface area (Å²) in [6, 6.07) is 5.97. The smallest absolute Gasteiger partial charge is 0.105 e. The minimum Gasteiger partial charge on any atom is -0.389 e. The summed E-state index contributed by atoms with van der Waals surface area (Å²) in [5.74, 6) is 0.799. The first kappa shape index (κ1) is 13.6. The molecule has 0 spiro atoms. The molecule has 1 aromatic carbocycles. The molecule has 98 valence electrons. The first-order chi connectivity index (χ1) is 8.61. The SMILES string of the molecule is CCC1CCCN(c2ccc(C(N)=S)c(Cl)c2)C1. The van der Waals surface area contributed by atoms with Crippen LogP contribution in [0.4, 0.5) is 5.69 Å². The maximum absolute atomic E-state index is 6.22. The molecule has 2 N–H and O–H groups in total. The number of nitrogens with zero attached hydrogens (tertiary/aromatic N) is 1. The minimum atomic E-state index is 0.358. The van der Waals surface area contributed by atoms with Gasteiger partial charge < -0.3 is 10.6 Å². The molecule has 1 aliphatic heterocycles. The molecule has 0 amide bonds. The topological polar surface area (TPSA) is 29.3 Å². The summed E-state index contributed by atoms with van der Waals surface area (Å²) in [5, 5.41) is 0.652. The van der Waals surface area contributed by atoms with Crippen molar-refractivity contribution < 1.29 is 0 Å². The zero-order valence-electron chi connectivity index (χ0n) is 10.7. The van der Waals surface area contributed by atoms with Gasteiger partial charge in [0.15, 0.2) is 0 Å². The second-order valence-corrected chi connectivity index (χ2v) is 5.74. The summed E-state index contributed by atoms with van der Waals surface area (Å²) < 4.78 is 0. The van der Waals surface area contributed by atoms with Crippen molar-refractivity contribution >= 4 is 34.5 Å². The molecule has 0 saturated carbocycles. The highest BCUT2D eigenvalue weighted by atomic mass is 35.5. The monoisotopic (exact) mass is 282 g/mol. The van der Waals surface area contributed by atoms with Gasteiger partial charge in [-0.3, -0.25) is 0 Å². The summed E-state index contributed by atoms with van der Waals surface area (Å²) >= 11 is 11.2. The molecule has 0 radical (unpaired) electrons. The van der Waals surface area contributed by atoms with Crippen molar-refractivity contribution in [1.29, 1.82) is 0 Å². The number of rotatable bonds is 3. The Morgan fingerprint density at radius 2 is 2.33 bits per heavy atom. The fraction of sp³-hybridized carbons (Fsp3) is 0.500. The van der Waals surface area contributed by atoms with Gasteiger partial charge in [-0.15, -0.1) is 0 Å². The predicted molar refractivity (Wildman–Crippen MR) is 82.6 cm³/mol. The van der Waals surface area contributed by atoms with Crippen molar-refractivity contribution in [1.82, 2.24) is 0 Å². The summed E-state index contributed by atoms with van der Waals surface area (Å²) in [6.45, 7) is 4.50. The van der Waals surface area contributed by atoms with E-state index in [2.05, 4.69) is 17.9 Å². The Morgan fingerprint density at radius 1 is 1.56 bits per heavy atom. The maximum atomic E-state index is 6.22. The number of halogens is 1. The van der Waals surface area contributed by atoms with E-state index >= 15 is 0 Å². The number of thiocarbonyl (C=S) groups is 1. The van der Waals surface area contributed by atoms with E-state index in [-0.39, 0.29) is 0 Å². The fourth-order valence-corrected chi connectivity index (χ4v) is 3.04. The van der Waals surface area contributed by atoms with Gasteiger partial charge in [-0.2, -0.15) is 0 Å². The third-order valence-electron chi connectivity index (χ3n) is 3.68. The van der Waals surface area contributed by atoms with Crippen LogP contribution in [0.5, 0.6) is 0 Å². The minimum absolute atomic E-state index is 0.358. The quantitative estimate of drug-likeness (QED) is 0.859. The van der Waals surface area contributed by atoms with Crippen LogP contribution < -0.4 is 10.6 Å². The Balaban J connectivity index is 2.18. The molecular weight excluding hydrogens is 264 g/mol. The van der Waals surface area contributed by atoms with Gasteiger partial charge in [-0.05, 0) is 37.0 Å². The van der Waals surface area contributed by atoms with Crippen LogP contribution in [0, 0.1) is 5.92 Å². The van der Waals surface area contributed by atoms with Crippen LogP contribution >= 0.6 is 23.8 Å². The highest BCUT2D eigenvalue weighted by Gasteiger charge is 2.19. The summed E-state index contributed by atoms with van der Waals surface area (Å²) in [4.78, 5) is 2.77.